The number of halogens is 2. The summed E-state index contributed by atoms with van der Waals surface area (Å²) < 4.78 is 25.2. The summed E-state index contributed by atoms with van der Waals surface area (Å²) in [6.07, 6.45) is 0. The first kappa shape index (κ1) is 12.1. The van der Waals surface area contributed by atoms with Crippen molar-refractivity contribution < 1.29 is 13.9 Å². The van der Waals surface area contributed by atoms with Crippen LogP contribution in [0.3, 0.4) is 0 Å². The zero-order valence-corrected chi connectivity index (χ0v) is 8.63. The predicted molar refractivity (Wildman–Crippen MR) is 54.9 cm³/mol. The first-order valence-corrected chi connectivity index (χ1v) is 4.78. The molecule has 0 heterocycles. The van der Waals surface area contributed by atoms with Gasteiger partial charge < -0.3 is 10.4 Å². The van der Waals surface area contributed by atoms with Crippen LogP contribution in [0.4, 0.5) is 8.78 Å². The van der Waals surface area contributed by atoms with Crippen molar-refractivity contribution in [2.45, 2.75) is 19.4 Å². The molecule has 15 heavy (non-hydrogen) atoms. The fourth-order valence-electron chi connectivity index (χ4n) is 1.27. The van der Waals surface area contributed by atoms with E-state index < -0.39 is 19.1 Å². The lowest BCUT2D eigenvalue weighted by molar-refractivity contribution is -0.0477. The summed E-state index contributed by atoms with van der Waals surface area (Å²) in [4.78, 5) is 0. The highest BCUT2D eigenvalue weighted by atomic mass is 19.3. The molecule has 0 unspecified atom stereocenters. The Bertz CT molecular complexity index is 315. The lowest BCUT2D eigenvalue weighted by Gasteiger charge is -2.13. The van der Waals surface area contributed by atoms with Crippen molar-refractivity contribution in [1.29, 1.82) is 0 Å². The van der Waals surface area contributed by atoms with Gasteiger partial charge in [0.15, 0.2) is 0 Å². The van der Waals surface area contributed by atoms with Crippen LogP contribution < -0.4 is 5.32 Å². The molecule has 0 aromatic heterocycles. The summed E-state index contributed by atoms with van der Waals surface area (Å²) in [5.74, 6) is -3.04. The van der Waals surface area contributed by atoms with Gasteiger partial charge in [0.05, 0.1) is 6.54 Å². The van der Waals surface area contributed by atoms with Crippen molar-refractivity contribution in [2.24, 2.45) is 0 Å². The molecule has 2 nitrogen and oxygen atoms in total. The number of hydrogen-bond donors (Lipinski definition) is 2. The van der Waals surface area contributed by atoms with Crippen molar-refractivity contribution >= 4 is 0 Å². The van der Waals surface area contributed by atoms with Gasteiger partial charge in [-0.15, -0.1) is 0 Å². The molecular weight excluding hydrogens is 200 g/mol. The Labute approximate surface area is 87.9 Å². The third-order valence-electron chi connectivity index (χ3n) is 2.03. The van der Waals surface area contributed by atoms with Crippen molar-refractivity contribution in [3.05, 3.63) is 35.4 Å². The van der Waals surface area contributed by atoms with Crippen LogP contribution in [-0.4, -0.2) is 24.2 Å². The third kappa shape index (κ3) is 4.36. The molecule has 0 aliphatic heterocycles. The van der Waals surface area contributed by atoms with Crippen molar-refractivity contribution in [2.75, 3.05) is 13.2 Å². The molecule has 84 valence electrons. The Kier molecular flexibility index (Phi) is 4.17. The van der Waals surface area contributed by atoms with Gasteiger partial charge in [-0.3, -0.25) is 0 Å². The summed E-state index contributed by atoms with van der Waals surface area (Å²) in [5, 5.41) is 11.0. The van der Waals surface area contributed by atoms with E-state index >= 15 is 0 Å². The van der Waals surface area contributed by atoms with E-state index in [1.54, 1.807) is 0 Å². The molecule has 0 bridgehead atoms. The van der Waals surface area contributed by atoms with E-state index in [9.17, 15) is 8.78 Å². The normalized spacial score (nSPS) is 11.7. The average Bonchev–Trinajstić information content (AvgIpc) is 2.18. The second-order valence-corrected chi connectivity index (χ2v) is 3.61. The highest BCUT2D eigenvalue weighted by Crippen LogP contribution is 2.10. The number of aliphatic hydroxyl groups is 1. The molecule has 0 spiro atoms. The predicted octanol–water partition coefficient (Wildman–Crippen LogP) is 1.71. The topological polar surface area (TPSA) is 32.3 Å². The van der Waals surface area contributed by atoms with E-state index in [1.165, 1.54) is 0 Å². The highest BCUT2D eigenvalue weighted by molar-refractivity contribution is 5.21. The summed E-state index contributed by atoms with van der Waals surface area (Å²) in [5.41, 5.74) is 2.06. The molecule has 0 radical (unpaired) electrons. The minimum atomic E-state index is -3.04. The SMILES string of the molecule is Cc1cccc(CNCC(F)(F)CO)c1. The van der Waals surface area contributed by atoms with E-state index in [1.807, 2.05) is 31.2 Å². The molecular formula is C11H15F2NO. The minimum absolute atomic E-state index is 0.386. The van der Waals surface area contributed by atoms with Gasteiger partial charge in [0, 0.05) is 6.54 Å². The standard InChI is InChI=1S/C11H15F2NO/c1-9-3-2-4-10(5-9)6-14-7-11(12,13)8-15/h2-5,14-15H,6-8H2,1H3. The molecule has 0 amide bonds. The Hall–Kier alpha value is -1.00. The number of aryl methyl sites for hydroxylation is 1. The molecule has 2 N–H and O–H groups in total. The van der Waals surface area contributed by atoms with Gasteiger partial charge in [-0.2, -0.15) is 0 Å². The van der Waals surface area contributed by atoms with Gasteiger partial charge in [0.2, 0.25) is 0 Å². The highest BCUT2D eigenvalue weighted by Gasteiger charge is 2.26. The molecule has 0 saturated heterocycles. The lowest BCUT2D eigenvalue weighted by Crippen LogP contribution is -2.35. The molecule has 0 atom stereocenters. The molecule has 0 aliphatic rings. The molecule has 0 saturated carbocycles. The number of benzene rings is 1. The van der Waals surface area contributed by atoms with Crippen molar-refractivity contribution in [3.63, 3.8) is 0 Å². The molecule has 0 fully saturated rings. The fourth-order valence-corrected chi connectivity index (χ4v) is 1.27. The first-order valence-electron chi connectivity index (χ1n) is 4.78. The molecule has 0 aliphatic carbocycles. The Balaban J connectivity index is 2.38. The maximum Gasteiger partial charge on any atom is 0.282 e. The van der Waals surface area contributed by atoms with E-state index in [-0.39, 0.29) is 0 Å². The number of hydrogen-bond acceptors (Lipinski definition) is 2. The average molecular weight is 215 g/mol. The van der Waals surface area contributed by atoms with Crippen LogP contribution in [0.25, 0.3) is 0 Å². The summed E-state index contributed by atoms with van der Waals surface area (Å²) >= 11 is 0. The second-order valence-electron chi connectivity index (χ2n) is 3.61. The zero-order valence-electron chi connectivity index (χ0n) is 8.63. The van der Waals surface area contributed by atoms with Gasteiger partial charge in [-0.1, -0.05) is 29.8 Å². The molecule has 1 aromatic carbocycles. The third-order valence-corrected chi connectivity index (χ3v) is 2.03. The largest absolute Gasteiger partial charge is 0.390 e. The first-order chi connectivity index (χ1) is 7.03. The zero-order chi connectivity index (χ0) is 11.3. The smallest absolute Gasteiger partial charge is 0.282 e. The van der Waals surface area contributed by atoms with E-state index in [2.05, 4.69) is 5.32 Å². The lowest BCUT2D eigenvalue weighted by atomic mass is 10.1. The van der Waals surface area contributed by atoms with Gasteiger partial charge in [0.25, 0.3) is 5.92 Å². The number of aliphatic hydroxyl groups excluding tert-OH is 1. The molecule has 1 rings (SSSR count). The summed E-state index contributed by atoms with van der Waals surface area (Å²) in [7, 11) is 0. The van der Waals surface area contributed by atoms with Crippen LogP contribution in [0, 0.1) is 6.92 Å². The fraction of sp³-hybridized carbons (Fsp3) is 0.455. The Morgan fingerprint density at radius 1 is 1.40 bits per heavy atom. The minimum Gasteiger partial charge on any atom is -0.390 e. The van der Waals surface area contributed by atoms with E-state index in [0.717, 1.165) is 11.1 Å². The maximum absolute atomic E-state index is 12.6. The van der Waals surface area contributed by atoms with Crippen LogP contribution in [0.5, 0.6) is 0 Å². The van der Waals surface area contributed by atoms with Gasteiger partial charge >= 0.3 is 0 Å². The van der Waals surface area contributed by atoms with E-state index in [0.29, 0.717) is 6.54 Å². The second kappa shape index (κ2) is 5.19. The maximum atomic E-state index is 12.6. The van der Waals surface area contributed by atoms with Crippen LogP contribution in [0.1, 0.15) is 11.1 Å². The Morgan fingerprint density at radius 3 is 2.73 bits per heavy atom. The van der Waals surface area contributed by atoms with E-state index in [4.69, 9.17) is 5.11 Å². The van der Waals surface area contributed by atoms with Crippen LogP contribution >= 0.6 is 0 Å². The van der Waals surface area contributed by atoms with Crippen LogP contribution in [0.2, 0.25) is 0 Å². The summed E-state index contributed by atoms with van der Waals surface area (Å²) in [6.45, 7) is 0.717. The number of rotatable bonds is 5. The van der Waals surface area contributed by atoms with Gasteiger partial charge in [0.1, 0.15) is 6.61 Å². The molecule has 1 aromatic rings. The number of alkyl halides is 2. The van der Waals surface area contributed by atoms with Gasteiger partial charge in [-0.05, 0) is 12.5 Å². The van der Waals surface area contributed by atoms with Gasteiger partial charge in [-0.25, -0.2) is 8.78 Å². The van der Waals surface area contributed by atoms with Crippen molar-refractivity contribution in [1.82, 2.24) is 5.32 Å². The van der Waals surface area contributed by atoms with Crippen molar-refractivity contribution in [3.8, 4) is 0 Å². The van der Waals surface area contributed by atoms with Crippen LogP contribution in [-0.2, 0) is 6.54 Å². The Morgan fingerprint density at radius 2 is 2.13 bits per heavy atom. The molecule has 4 heteroatoms. The summed E-state index contributed by atoms with van der Waals surface area (Å²) in [6, 6.07) is 7.64. The quantitative estimate of drug-likeness (QED) is 0.783. The van der Waals surface area contributed by atoms with Crippen LogP contribution in [0.15, 0.2) is 24.3 Å². The number of nitrogens with one attached hydrogen (secondary N) is 1. The monoisotopic (exact) mass is 215 g/mol.